The zero-order valence-corrected chi connectivity index (χ0v) is 12.4. The van der Waals surface area contributed by atoms with E-state index in [4.69, 9.17) is 11.6 Å². The third kappa shape index (κ3) is 5.80. The zero-order valence-electron chi connectivity index (χ0n) is 10.9. The number of halogens is 1. The summed E-state index contributed by atoms with van der Waals surface area (Å²) >= 11 is 8.04. The first-order chi connectivity index (χ1) is 8.13. The molecule has 1 nitrogen and oxygen atoms in total. The van der Waals surface area contributed by atoms with Crippen molar-refractivity contribution in [1.82, 2.24) is 5.32 Å². The Balaban J connectivity index is 2.67. The van der Waals surface area contributed by atoms with E-state index in [-0.39, 0.29) is 0 Å². The van der Waals surface area contributed by atoms with Gasteiger partial charge in [0, 0.05) is 16.8 Å². The lowest BCUT2D eigenvalue weighted by molar-refractivity contribution is 0.577. The van der Waals surface area contributed by atoms with Crippen LogP contribution in [-0.2, 0) is 0 Å². The maximum Gasteiger partial charge on any atom is 0.0412 e. The van der Waals surface area contributed by atoms with Crippen molar-refractivity contribution in [3.05, 3.63) is 34.9 Å². The molecule has 1 atom stereocenters. The van der Waals surface area contributed by atoms with Gasteiger partial charge in [-0.05, 0) is 35.9 Å². The van der Waals surface area contributed by atoms with Gasteiger partial charge < -0.3 is 5.32 Å². The minimum absolute atomic E-state index is 0.404. The fraction of sp³-hybridized carbons (Fsp3) is 0.571. The lowest BCUT2D eigenvalue weighted by Crippen LogP contribution is -2.24. The molecule has 0 fully saturated rings. The molecular weight excluding hydrogens is 250 g/mol. The van der Waals surface area contributed by atoms with Crippen molar-refractivity contribution in [3.8, 4) is 0 Å². The molecule has 1 aromatic carbocycles. The molecule has 0 aromatic heterocycles. The van der Waals surface area contributed by atoms with Crippen molar-refractivity contribution in [2.24, 2.45) is 0 Å². The monoisotopic (exact) mass is 271 g/mol. The molecular formula is C14H22ClNS. The molecule has 0 saturated heterocycles. The van der Waals surface area contributed by atoms with Crippen LogP contribution in [0.1, 0.15) is 38.8 Å². The fourth-order valence-corrected chi connectivity index (χ4v) is 2.69. The summed E-state index contributed by atoms with van der Waals surface area (Å²) in [6.07, 6.45) is 1.16. The molecule has 1 N–H and O–H groups in total. The minimum Gasteiger partial charge on any atom is -0.309 e. The molecule has 0 amide bonds. The Kier molecular flexibility index (Phi) is 7.02. The normalized spacial score (nSPS) is 13.0. The standard InChI is InChI=1S/C14H22ClNS/c1-4-8-16-14(10-17-11(2)3)12-6-5-7-13(15)9-12/h5-7,9,11,14,16H,4,8,10H2,1-3H3. The van der Waals surface area contributed by atoms with E-state index in [0.29, 0.717) is 11.3 Å². The summed E-state index contributed by atoms with van der Waals surface area (Å²) in [4.78, 5) is 0. The highest BCUT2D eigenvalue weighted by atomic mass is 35.5. The summed E-state index contributed by atoms with van der Waals surface area (Å²) < 4.78 is 0. The predicted octanol–water partition coefficient (Wildman–Crippen LogP) is 4.52. The first-order valence-electron chi connectivity index (χ1n) is 6.24. The number of hydrogen-bond donors (Lipinski definition) is 1. The second kappa shape index (κ2) is 8.02. The molecule has 1 aromatic rings. The van der Waals surface area contributed by atoms with E-state index in [1.165, 1.54) is 5.56 Å². The average molecular weight is 272 g/mol. The van der Waals surface area contributed by atoms with Gasteiger partial charge in [-0.1, -0.05) is 44.5 Å². The van der Waals surface area contributed by atoms with E-state index in [1.807, 2.05) is 23.9 Å². The van der Waals surface area contributed by atoms with Crippen molar-refractivity contribution in [2.45, 2.75) is 38.5 Å². The lowest BCUT2D eigenvalue weighted by atomic mass is 10.1. The SMILES string of the molecule is CCCNC(CSC(C)C)c1cccc(Cl)c1. The summed E-state index contributed by atoms with van der Waals surface area (Å²) in [7, 11) is 0. The highest BCUT2D eigenvalue weighted by molar-refractivity contribution is 7.99. The number of hydrogen-bond acceptors (Lipinski definition) is 2. The zero-order chi connectivity index (χ0) is 12.7. The van der Waals surface area contributed by atoms with Crippen molar-refractivity contribution < 1.29 is 0 Å². The van der Waals surface area contributed by atoms with Gasteiger partial charge in [-0.2, -0.15) is 11.8 Å². The van der Waals surface area contributed by atoms with E-state index in [9.17, 15) is 0 Å². The van der Waals surface area contributed by atoms with Crippen LogP contribution in [0.4, 0.5) is 0 Å². The number of rotatable bonds is 7. The van der Waals surface area contributed by atoms with Crippen LogP contribution in [0, 0.1) is 0 Å². The molecule has 0 bridgehead atoms. The summed E-state index contributed by atoms with van der Waals surface area (Å²) in [6.45, 7) is 7.71. The molecule has 1 unspecified atom stereocenters. The van der Waals surface area contributed by atoms with Crippen molar-refractivity contribution >= 4 is 23.4 Å². The Morgan fingerprint density at radius 1 is 1.35 bits per heavy atom. The average Bonchev–Trinajstić information content (AvgIpc) is 2.29. The first kappa shape index (κ1) is 14.9. The van der Waals surface area contributed by atoms with Crippen molar-refractivity contribution in [2.75, 3.05) is 12.3 Å². The maximum atomic E-state index is 6.05. The van der Waals surface area contributed by atoms with E-state index >= 15 is 0 Å². The van der Waals surface area contributed by atoms with Gasteiger partial charge in [0.05, 0.1) is 0 Å². The summed E-state index contributed by atoms with van der Waals surface area (Å²) in [5, 5.41) is 5.08. The van der Waals surface area contributed by atoms with Gasteiger partial charge in [0.25, 0.3) is 0 Å². The third-order valence-corrected chi connectivity index (χ3v) is 3.92. The highest BCUT2D eigenvalue weighted by Crippen LogP contribution is 2.23. The number of thioether (sulfide) groups is 1. The molecule has 3 heteroatoms. The summed E-state index contributed by atoms with van der Waals surface area (Å²) in [5.41, 5.74) is 1.29. The molecule has 0 heterocycles. The molecule has 1 rings (SSSR count). The summed E-state index contributed by atoms with van der Waals surface area (Å²) in [6, 6.07) is 8.58. The topological polar surface area (TPSA) is 12.0 Å². The Hall–Kier alpha value is -0.180. The maximum absolute atomic E-state index is 6.05. The van der Waals surface area contributed by atoms with Crippen LogP contribution >= 0.6 is 23.4 Å². The van der Waals surface area contributed by atoms with Gasteiger partial charge in [-0.15, -0.1) is 0 Å². The van der Waals surface area contributed by atoms with E-state index < -0.39 is 0 Å². The summed E-state index contributed by atoms with van der Waals surface area (Å²) in [5.74, 6) is 1.10. The second-order valence-corrected chi connectivity index (χ2v) is 6.49. The molecule has 0 aliphatic carbocycles. The lowest BCUT2D eigenvalue weighted by Gasteiger charge is -2.20. The van der Waals surface area contributed by atoms with Gasteiger partial charge in [-0.3, -0.25) is 0 Å². The Bertz CT molecular complexity index is 328. The van der Waals surface area contributed by atoms with Gasteiger partial charge in [0.2, 0.25) is 0 Å². The Morgan fingerprint density at radius 2 is 2.12 bits per heavy atom. The van der Waals surface area contributed by atoms with Crippen LogP contribution in [0.3, 0.4) is 0 Å². The molecule has 96 valence electrons. The van der Waals surface area contributed by atoms with E-state index in [1.54, 1.807) is 0 Å². The smallest absolute Gasteiger partial charge is 0.0412 e. The first-order valence-corrected chi connectivity index (χ1v) is 7.66. The van der Waals surface area contributed by atoms with Crippen molar-refractivity contribution in [1.29, 1.82) is 0 Å². The fourth-order valence-electron chi connectivity index (χ4n) is 1.60. The highest BCUT2D eigenvalue weighted by Gasteiger charge is 2.11. The molecule has 0 aliphatic heterocycles. The third-order valence-electron chi connectivity index (χ3n) is 2.49. The van der Waals surface area contributed by atoms with Gasteiger partial charge in [0.15, 0.2) is 0 Å². The second-order valence-electron chi connectivity index (χ2n) is 4.44. The number of nitrogens with one attached hydrogen (secondary N) is 1. The Morgan fingerprint density at radius 3 is 2.71 bits per heavy atom. The van der Waals surface area contributed by atoms with Crippen LogP contribution < -0.4 is 5.32 Å². The van der Waals surface area contributed by atoms with Gasteiger partial charge in [-0.25, -0.2) is 0 Å². The predicted molar refractivity (Wildman–Crippen MR) is 80.1 cm³/mol. The van der Waals surface area contributed by atoms with Crippen molar-refractivity contribution in [3.63, 3.8) is 0 Å². The molecule has 17 heavy (non-hydrogen) atoms. The van der Waals surface area contributed by atoms with Gasteiger partial charge >= 0.3 is 0 Å². The minimum atomic E-state index is 0.404. The number of benzene rings is 1. The molecule has 0 spiro atoms. The quantitative estimate of drug-likeness (QED) is 0.782. The van der Waals surface area contributed by atoms with E-state index in [2.05, 4.69) is 38.2 Å². The van der Waals surface area contributed by atoms with Crippen LogP contribution in [0.15, 0.2) is 24.3 Å². The van der Waals surface area contributed by atoms with Crippen LogP contribution in [0.5, 0.6) is 0 Å². The van der Waals surface area contributed by atoms with E-state index in [0.717, 1.165) is 23.7 Å². The van der Waals surface area contributed by atoms with Crippen LogP contribution in [0.2, 0.25) is 5.02 Å². The van der Waals surface area contributed by atoms with Crippen LogP contribution in [-0.4, -0.2) is 17.5 Å². The van der Waals surface area contributed by atoms with Crippen LogP contribution in [0.25, 0.3) is 0 Å². The Labute approximate surface area is 114 Å². The largest absolute Gasteiger partial charge is 0.309 e. The molecule has 0 aliphatic rings. The molecule has 0 saturated carbocycles. The van der Waals surface area contributed by atoms with Gasteiger partial charge in [0.1, 0.15) is 0 Å². The molecule has 0 radical (unpaired) electrons.